The summed E-state index contributed by atoms with van der Waals surface area (Å²) >= 11 is 0. The zero-order valence-corrected chi connectivity index (χ0v) is 15.5. The minimum absolute atomic E-state index is 0.0232. The average Bonchev–Trinajstić information content (AvgIpc) is 2.61. The smallest absolute Gasteiger partial charge is 0.321 e. The van der Waals surface area contributed by atoms with Crippen molar-refractivity contribution in [3.05, 3.63) is 48.0 Å². The quantitative estimate of drug-likeness (QED) is 0.798. The van der Waals surface area contributed by atoms with Gasteiger partial charge in [0.15, 0.2) is 11.5 Å². The third kappa shape index (κ3) is 4.64. The van der Waals surface area contributed by atoms with Crippen molar-refractivity contribution < 1.29 is 22.7 Å². The number of hydrogen-bond acceptors (Lipinski definition) is 5. The molecule has 0 aliphatic carbocycles. The van der Waals surface area contributed by atoms with E-state index < -0.39 is 10.0 Å². The van der Waals surface area contributed by atoms with Crippen molar-refractivity contribution in [1.82, 2.24) is 4.90 Å². The Balaban J connectivity index is 2.09. The Hall–Kier alpha value is -2.78. The molecule has 0 spiro atoms. The van der Waals surface area contributed by atoms with Crippen molar-refractivity contribution in [3.63, 3.8) is 0 Å². The van der Waals surface area contributed by atoms with Crippen LogP contribution in [0.1, 0.15) is 5.56 Å². The van der Waals surface area contributed by atoms with E-state index in [4.69, 9.17) is 14.6 Å². The van der Waals surface area contributed by atoms with Gasteiger partial charge in [-0.3, -0.25) is 0 Å². The summed E-state index contributed by atoms with van der Waals surface area (Å²) in [5.74, 6) is 1.14. The van der Waals surface area contributed by atoms with Gasteiger partial charge in [0.05, 0.1) is 25.7 Å². The molecule has 0 unspecified atom stereocenters. The van der Waals surface area contributed by atoms with Gasteiger partial charge < -0.3 is 19.7 Å². The molecule has 26 heavy (non-hydrogen) atoms. The fourth-order valence-electron chi connectivity index (χ4n) is 2.35. The standard InChI is InChI=1S/C17H21N3O5S/c1-20(11-12-5-4-6-15(24-2)16(12)25-3)17(21)19-13-7-9-14(10-8-13)26(18,22)23/h4-10H,11H2,1-3H3,(H,19,21)(H2,18,22,23). The van der Waals surface area contributed by atoms with Gasteiger partial charge in [0.25, 0.3) is 0 Å². The number of amides is 2. The number of nitrogens with two attached hydrogens (primary N) is 1. The Labute approximate surface area is 152 Å². The monoisotopic (exact) mass is 379 g/mol. The molecule has 0 saturated heterocycles. The fourth-order valence-corrected chi connectivity index (χ4v) is 2.87. The van der Waals surface area contributed by atoms with Gasteiger partial charge in [-0.15, -0.1) is 0 Å². The Morgan fingerprint density at radius 3 is 2.31 bits per heavy atom. The van der Waals surface area contributed by atoms with Crippen LogP contribution < -0.4 is 19.9 Å². The van der Waals surface area contributed by atoms with Crippen LogP contribution in [0, 0.1) is 0 Å². The van der Waals surface area contributed by atoms with E-state index in [1.54, 1.807) is 20.2 Å². The molecule has 0 atom stereocenters. The van der Waals surface area contributed by atoms with Gasteiger partial charge in [-0.1, -0.05) is 12.1 Å². The summed E-state index contributed by atoms with van der Waals surface area (Å²) in [7, 11) is 0.945. The normalized spacial score (nSPS) is 10.9. The van der Waals surface area contributed by atoms with Gasteiger partial charge in [-0.25, -0.2) is 18.4 Å². The number of anilines is 1. The first kappa shape index (κ1) is 19.5. The van der Waals surface area contributed by atoms with E-state index in [0.29, 0.717) is 23.7 Å². The van der Waals surface area contributed by atoms with Crippen LogP contribution in [-0.2, 0) is 16.6 Å². The number of para-hydroxylation sites is 1. The van der Waals surface area contributed by atoms with E-state index >= 15 is 0 Å². The molecule has 3 N–H and O–H groups in total. The number of ether oxygens (including phenoxy) is 2. The van der Waals surface area contributed by atoms with E-state index in [1.807, 2.05) is 12.1 Å². The molecule has 0 aromatic heterocycles. The van der Waals surface area contributed by atoms with Crippen LogP contribution in [0.3, 0.4) is 0 Å². The summed E-state index contributed by atoms with van der Waals surface area (Å²) in [4.78, 5) is 13.8. The third-order valence-corrected chi connectivity index (χ3v) is 4.60. The molecule has 0 bridgehead atoms. The summed E-state index contributed by atoms with van der Waals surface area (Å²) in [5.41, 5.74) is 1.24. The van der Waals surface area contributed by atoms with Crippen molar-refractivity contribution in [2.45, 2.75) is 11.4 Å². The third-order valence-electron chi connectivity index (χ3n) is 3.67. The molecule has 2 amide bonds. The second-order valence-electron chi connectivity index (χ2n) is 5.51. The molecule has 8 nitrogen and oxygen atoms in total. The molecule has 2 aromatic carbocycles. The summed E-state index contributed by atoms with van der Waals surface area (Å²) in [6.07, 6.45) is 0. The molecule has 0 aliphatic rings. The average molecular weight is 379 g/mol. The molecule has 0 radical (unpaired) electrons. The second-order valence-corrected chi connectivity index (χ2v) is 7.07. The lowest BCUT2D eigenvalue weighted by Crippen LogP contribution is -2.31. The lowest BCUT2D eigenvalue weighted by Gasteiger charge is -2.20. The van der Waals surface area contributed by atoms with Gasteiger partial charge in [-0.2, -0.15) is 0 Å². The number of nitrogens with one attached hydrogen (secondary N) is 1. The first-order chi connectivity index (χ1) is 12.3. The van der Waals surface area contributed by atoms with Crippen LogP contribution in [0.2, 0.25) is 0 Å². The largest absolute Gasteiger partial charge is 0.493 e. The van der Waals surface area contributed by atoms with Gasteiger partial charge >= 0.3 is 6.03 Å². The highest BCUT2D eigenvalue weighted by Gasteiger charge is 2.15. The van der Waals surface area contributed by atoms with Crippen molar-refractivity contribution in [3.8, 4) is 11.5 Å². The van der Waals surface area contributed by atoms with Gasteiger partial charge in [-0.05, 0) is 30.3 Å². The molecule has 0 aliphatic heterocycles. The molecule has 0 saturated carbocycles. The molecule has 0 heterocycles. The van der Waals surface area contributed by atoms with Crippen LogP contribution in [0.4, 0.5) is 10.5 Å². The summed E-state index contributed by atoms with van der Waals surface area (Å²) in [5, 5.41) is 7.73. The second kappa shape index (κ2) is 8.07. The van der Waals surface area contributed by atoms with E-state index in [0.717, 1.165) is 5.56 Å². The molecule has 140 valence electrons. The topological polar surface area (TPSA) is 111 Å². The number of carbonyl (C=O) groups excluding carboxylic acids is 1. The lowest BCUT2D eigenvalue weighted by molar-refractivity contribution is 0.220. The van der Waals surface area contributed by atoms with Crippen LogP contribution in [0.25, 0.3) is 0 Å². The Morgan fingerprint density at radius 2 is 1.77 bits per heavy atom. The number of hydrogen-bond donors (Lipinski definition) is 2. The maximum absolute atomic E-state index is 12.4. The summed E-state index contributed by atoms with van der Waals surface area (Å²) < 4.78 is 33.1. The van der Waals surface area contributed by atoms with Gasteiger partial charge in [0.2, 0.25) is 10.0 Å². The number of rotatable bonds is 6. The van der Waals surface area contributed by atoms with Crippen LogP contribution in [-0.4, -0.2) is 40.6 Å². The van der Waals surface area contributed by atoms with Crippen molar-refractivity contribution in [1.29, 1.82) is 0 Å². The van der Waals surface area contributed by atoms with Crippen molar-refractivity contribution >= 4 is 21.7 Å². The zero-order valence-electron chi connectivity index (χ0n) is 14.7. The van der Waals surface area contributed by atoms with Crippen LogP contribution >= 0.6 is 0 Å². The van der Waals surface area contributed by atoms with Gasteiger partial charge in [0, 0.05) is 18.3 Å². The number of primary sulfonamides is 1. The number of nitrogens with zero attached hydrogens (tertiary/aromatic N) is 1. The summed E-state index contributed by atoms with van der Waals surface area (Å²) in [6, 6.07) is 10.7. The molecular weight excluding hydrogens is 358 g/mol. The number of carbonyl (C=O) groups is 1. The predicted octanol–water partition coefficient (Wildman–Crippen LogP) is 2.02. The highest BCUT2D eigenvalue weighted by Crippen LogP contribution is 2.31. The lowest BCUT2D eigenvalue weighted by atomic mass is 10.1. The molecule has 0 fully saturated rings. The van der Waals surface area contributed by atoms with Crippen molar-refractivity contribution in [2.75, 3.05) is 26.6 Å². The molecule has 2 rings (SSSR count). The van der Waals surface area contributed by atoms with Gasteiger partial charge in [0.1, 0.15) is 0 Å². The fraction of sp³-hybridized carbons (Fsp3) is 0.235. The van der Waals surface area contributed by atoms with E-state index in [9.17, 15) is 13.2 Å². The van der Waals surface area contributed by atoms with Crippen LogP contribution in [0.15, 0.2) is 47.4 Å². The maximum atomic E-state index is 12.4. The number of methoxy groups -OCH3 is 2. The van der Waals surface area contributed by atoms with Crippen LogP contribution in [0.5, 0.6) is 11.5 Å². The van der Waals surface area contributed by atoms with E-state index in [2.05, 4.69) is 5.32 Å². The first-order valence-corrected chi connectivity index (χ1v) is 9.15. The Kier molecular flexibility index (Phi) is 6.06. The molecule has 9 heteroatoms. The highest BCUT2D eigenvalue weighted by molar-refractivity contribution is 7.89. The highest BCUT2D eigenvalue weighted by atomic mass is 32.2. The Bertz CT molecular complexity index is 882. The minimum atomic E-state index is -3.77. The first-order valence-electron chi connectivity index (χ1n) is 7.61. The molecule has 2 aromatic rings. The number of sulfonamides is 1. The van der Waals surface area contributed by atoms with E-state index in [-0.39, 0.29) is 10.9 Å². The van der Waals surface area contributed by atoms with E-state index in [1.165, 1.54) is 36.3 Å². The zero-order chi connectivity index (χ0) is 19.3. The SMILES string of the molecule is COc1cccc(CN(C)C(=O)Nc2ccc(S(N)(=O)=O)cc2)c1OC. The number of benzene rings is 2. The minimum Gasteiger partial charge on any atom is -0.493 e. The maximum Gasteiger partial charge on any atom is 0.321 e. The molecular formula is C17H21N3O5S. The van der Waals surface area contributed by atoms with Crippen molar-refractivity contribution in [2.24, 2.45) is 5.14 Å². The predicted molar refractivity (Wildman–Crippen MR) is 97.8 cm³/mol. The Morgan fingerprint density at radius 1 is 1.12 bits per heavy atom. The number of urea groups is 1. The summed E-state index contributed by atoms with van der Waals surface area (Å²) in [6.45, 7) is 0.293.